The highest BCUT2D eigenvalue weighted by Crippen LogP contribution is 2.17. The van der Waals surface area contributed by atoms with Crippen molar-refractivity contribution >= 4 is 11.6 Å². The van der Waals surface area contributed by atoms with Gasteiger partial charge in [-0.15, -0.1) is 0 Å². The van der Waals surface area contributed by atoms with Gasteiger partial charge in [-0.05, 0) is 48.5 Å². The lowest BCUT2D eigenvalue weighted by Crippen LogP contribution is -2.25. The number of benzene rings is 1. The van der Waals surface area contributed by atoms with Crippen molar-refractivity contribution in [3.05, 3.63) is 24.3 Å². The van der Waals surface area contributed by atoms with E-state index in [-0.39, 0.29) is 0 Å². The van der Waals surface area contributed by atoms with E-state index in [1.807, 2.05) is 31.3 Å². The lowest BCUT2D eigenvalue weighted by atomic mass is 10.3. The van der Waals surface area contributed by atoms with Gasteiger partial charge in [0.1, 0.15) is 0 Å². The molecule has 0 spiro atoms. The molecule has 0 bridgehead atoms. The molecule has 6 heteroatoms. The summed E-state index contributed by atoms with van der Waals surface area (Å²) in [6.45, 7) is 5.94. The number of tetrazole rings is 1. The zero-order valence-electron chi connectivity index (χ0n) is 11.0. The quantitative estimate of drug-likeness (QED) is 0.867. The van der Waals surface area contributed by atoms with Crippen molar-refractivity contribution in [2.45, 2.75) is 13.8 Å². The van der Waals surface area contributed by atoms with Gasteiger partial charge in [-0.2, -0.15) is 4.68 Å². The monoisotopic (exact) mass is 246 g/mol. The zero-order valence-corrected chi connectivity index (χ0v) is 11.0. The van der Waals surface area contributed by atoms with Crippen LogP contribution in [0.1, 0.15) is 13.8 Å². The molecule has 1 N–H and O–H groups in total. The third kappa shape index (κ3) is 2.27. The van der Waals surface area contributed by atoms with E-state index in [1.54, 1.807) is 4.68 Å². The highest BCUT2D eigenvalue weighted by Gasteiger charge is 2.13. The first-order chi connectivity index (χ1) is 8.80. The molecule has 0 saturated carbocycles. The minimum Gasteiger partial charge on any atom is -0.388 e. The minimum absolute atomic E-state index is 0.775. The summed E-state index contributed by atoms with van der Waals surface area (Å²) in [5.74, 6) is 0.775. The van der Waals surface area contributed by atoms with E-state index in [0.717, 1.165) is 30.4 Å². The maximum absolute atomic E-state index is 4.09. The molecule has 0 radical (unpaired) electrons. The molecule has 0 aliphatic carbocycles. The van der Waals surface area contributed by atoms with Crippen LogP contribution in [0.2, 0.25) is 0 Å². The molecule has 1 aromatic heterocycles. The lowest BCUT2D eigenvalue weighted by molar-refractivity contribution is 0.759. The van der Waals surface area contributed by atoms with Crippen LogP contribution in [-0.4, -0.2) is 40.3 Å². The van der Waals surface area contributed by atoms with Crippen molar-refractivity contribution in [2.75, 3.05) is 30.4 Å². The summed E-state index contributed by atoms with van der Waals surface area (Å²) >= 11 is 0. The molecule has 18 heavy (non-hydrogen) atoms. The Balaban J connectivity index is 2.35. The number of nitrogens with zero attached hydrogens (tertiary/aromatic N) is 5. The van der Waals surface area contributed by atoms with Crippen molar-refractivity contribution in [1.82, 2.24) is 20.2 Å². The fraction of sp³-hybridized carbons (Fsp3) is 0.417. The Bertz CT molecular complexity index is 486. The fourth-order valence-corrected chi connectivity index (χ4v) is 1.82. The predicted molar refractivity (Wildman–Crippen MR) is 72.3 cm³/mol. The summed E-state index contributed by atoms with van der Waals surface area (Å²) in [6, 6.07) is 8.00. The smallest absolute Gasteiger partial charge is 0.250 e. The van der Waals surface area contributed by atoms with Crippen LogP contribution >= 0.6 is 0 Å². The lowest BCUT2D eigenvalue weighted by Gasteiger charge is -2.18. The molecule has 0 fully saturated rings. The van der Waals surface area contributed by atoms with Crippen molar-refractivity contribution in [3.63, 3.8) is 0 Å². The summed E-state index contributed by atoms with van der Waals surface area (Å²) in [7, 11) is 1.90. The Morgan fingerprint density at radius 3 is 2.39 bits per heavy atom. The molecule has 1 heterocycles. The van der Waals surface area contributed by atoms with E-state index in [2.05, 4.69) is 39.6 Å². The van der Waals surface area contributed by atoms with E-state index in [0.29, 0.717) is 0 Å². The number of rotatable bonds is 5. The molecular weight excluding hydrogens is 228 g/mol. The summed E-state index contributed by atoms with van der Waals surface area (Å²) in [5, 5.41) is 15.0. The molecule has 96 valence electrons. The predicted octanol–water partition coefficient (Wildman–Crippen LogP) is 1.55. The normalized spacial score (nSPS) is 10.4. The van der Waals surface area contributed by atoms with E-state index in [1.165, 1.54) is 0 Å². The molecule has 1 aromatic carbocycles. The van der Waals surface area contributed by atoms with Gasteiger partial charge >= 0.3 is 0 Å². The molecule has 0 atom stereocenters. The van der Waals surface area contributed by atoms with Crippen LogP contribution in [0.15, 0.2) is 24.3 Å². The standard InChI is InChI=1S/C12H18N6/c1-4-17(5-2)12-14-15-16-18(12)11-8-6-10(13-3)7-9-11/h6-9,13H,4-5H2,1-3H3. The zero-order chi connectivity index (χ0) is 13.0. The van der Waals surface area contributed by atoms with Gasteiger partial charge in [-0.25, -0.2) is 0 Å². The van der Waals surface area contributed by atoms with Gasteiger partial charge in [-0.1, -0.05) is 5.10 Å². The molecule has 0 aliphatic rings. The molecule has 0 saturated heterocycles. The highest BCUT2D eigenvalue weighted by molar-refractivity contribution is 5.50. The van der Waals surface area contributed by atoms with E-state index in [4.69, 9.17) is 0 Å². The number of hydrogen-bond donors (Lipinski definition) is 1. The van der Waals surface area contributed by atoms with Gasteiger partial charge in [0.25, 0.3) is 0 Å². The van der Waals surface area contributed by atoms with Gasteiger partial charge in [0.15, 0.2) is 0 Å². The van der Waals surface area contributed by atoms with Gasteiger partial charge in [0.05, 0.1) is 5.69 Å². The first-order valence-corrected chi connectivity index (χ1v) is 6.11. The molecule has 2 rings (SSSR count). The first-order valence-electron chi connectivity index (χ1n) is 6.11. The first kappa shape index (κ1) is 12.3. The molecule has 6 nitrogen and oxygen atoms in total. The summed E-state index contributed by atoms with van der Waals surface area (Å²) in [6.07, 6.45) is 0. The second kappa shape index (κ2) is 5.48. The largest absolute Gasteiger partial charge is 0.388 e. The van der Waals surface area contributed by atoms with Crippen LogP contribution in [0.5, 0.6) is 0 Å². The van der Waals surface area contributed by atoms with Gasteiger partial charge in [0.2, 0.25) is 5.95 Å². The Morgan fingerprint density at radius 2 is 1.83 bits per heavy atom. The molecule has 2 aromatic rings. The Labute approximate surface area is 107 Å². The van der Waals surface area contributed by atoms with Crippen LogP contribution < -0.4 is 10.2 Å². The van der Waals surface area contributed by atoms with Gasteiger partial charge < -0.3 is 10.2 Å². The number of hydrogen-bond acceptors (Lipinski definition) is 5. The molecule has 0 aliphatic heterocycles. The van der Waals surface area contributed by atoms with Crippen LogP contribution in [0.25, 0.3) is 5.69 Å². The number of nitrogens with one attached hydrogen (secondary N) is 1. The molecule has 0 amide bonds. The maximum Gasteiger partial charge on any atom is 0.250 e. The Morgan fingerprint density at radius 1 is 1.17 bits per heavy atom. The maximum atomic E-state index is 4.09. The SMILES string of the molecule is CCN(CC)c1nnnn1-c1ccc(NC)cc1. The van der Waals surface area contributed by atoms with Crippen LogP contribution in [-0.2, 0) is 0 Å². The Hall–Kier alpha value is -2.11. The summed E-state index contributed by atoms with van der Waals surface area (Å²) in [4.78, 5) is 2.12. The van der Waals surface area contributed by atoms with Crippen LogP contribution in [0.3, 0.4) is 0 Å². The third-order valence-electron chi connectivity index (χ3n) is 2.90. The second-order valence-corrected chi connectivity index (χ2v) is 3.86. The average Bonchev–Trinajstić information content (AvgIpc) is 2.90. The summed E-state index contributed by atoms with van der Waals surface area (Å²) in [5.41, 5.74) is 2.03. The second-order valence-electron chi connectivity index (χ2n) is 3.86. The summed E-state index contributed by atoms with van der Waals surface area (Å²) < 4.78 is 1.76. The average molecular weight is 246 g/mol. The van der Waals surface area contributed by atoms with Crippen LogP contribution in [0, 0.1) is 0 Å². The highest BCUT2D eigenvalue weighted by atomic mass is 15.6. The van der Waals surface area contributed by atoms with Crippen molar-refractivity contribution in [2.24, 2.45) is 0 Å². The molecular formula is C12H18N6. The van der Waals surface area contributed by atoms with Crippen LogP contribution in [0.4, 0.5) is 11.6 Å². The number of anilines is 2. The van der Waals surface area contributed by atoms with E-state index in [9.17, 15) is 0 Å². The topological polar surface area (TPSA) is 58.9 Å². The van der Waals surface area contributed by atoms with E-state index >= 15 is 0 Å². The van der Waals surface area contributed by atoms with Gasteiger partial charge in [-0.3, -0.25) is 0 Å². The van der Waals surface area contributed by atoms with Crippen molar-refractivity contribution in [1.29, 1.82) is 0 Å². The van der Waals surface area contributed by atoms with E-state index < -0.39 is 0 Å². The van der Waals surface area contributed by atoms with Gasteiger partial charge in [0, 0.05) is 25.8 Å². The number of aromatic nitrogens is 4. The Kier molecular flexibility index (Phi) is 3.76. The molecule has 0 unspecified atom stereocenters. The van der Waals surface area contributed by atoms with Crippen molar-refractivity contribution in [3.8, 4) is 5.69 Å². The third-order valence-corrected chi connectivity index (χ3v) is 2.90. The minimum atomic E-state index is 0.775. The van der Waals surface area contributed by atoms with Crippen molar-refractivity contribution < 1.29 is 0 Å². The fourth-order valence-electron chi connectivity index (χ4n) is 1.82.